The molecule has 2 fully saturated rings. The van der Waals surface area contributed by atoms with Gasteiger partial charge in [-0.1, -0.05) is 13.8 Å². The maximum absolute atomic E-state index is 12.3. The van der Waals surface area contributed by atoms with E-state index in [1.165, 1.54) is 12.8 Å². The lowest BCUT2D eigenvalue weighted by molar-refractivity contribution is -0.134. The second-order valence-corrected chi connectivity index (χ2v) is 6.93. The summed E-state index contributed by atoms with van der Waals surface area (Å²) in [5.74, 6) is 0.298. The lowest BCUT2D eigenvalue weighted by Crippen LogP contribution is -2.50. The third-order valence-electron chi connectivity index (χ3n) is 4.82. The van der Waals surface area contributed by atoms with Gasteiger partial charge in [-0.25, -0.2) is 0 Å². The third-order valence-corrected chi connectivity index (χ3v) is 4.82. The van der Waals surface area contributed by atoms with Gasteiger partial charge in [-0.15, -0.1) is 0 Å². The minimum Gasteiger partial charge on any atom is -0.342 e. The first-order valence-electron chi connectivity index (χ1n) is 7.67. The molecule has 1 aliphatic heterocycles. The number of rotatable bonds is 3. The van der Waals surface area contributed by atoms with Crippen molar-refractivity contribution in [3.8, 4) is 0 Å². The summed E-state index contributed by atoms with van der Waals surface area (Å²) in [5.41, 5.74) is 0.471. The Morgan fingerprint density at radius 3 is 2.42 bits per heavy atom. The Bertz CT molecular complexity index is 301. The van der Waals surface area contributed by atoms with Gasteiger partial charge in [0.15, 0.2) is 0 Å². The summed E-state index contributed by atoms with van der Waals surface area (Å²) in [6.45, 7) is 9.29. The van der Waals surface area contributed by atoms with Gasteiger partial charge in [-0.2, -0.15) is 0 Å². The topological polar surface area (TPSA) is 35.6 Å². The van der Waals surface area contributed by atoms with E-state index in [1.54, 1.807) is 0 Å². The van der Waals surface area contributed by atoms with Gasteiger partial charge in [0.25, 0.3) is 0 Å². The number of hydrogen-bond donors (Lipinski definition) is 1. The van der Waals surface area contributed by atoms with E-state index in [9.17, 15) is 4.79 Å². The molecule has 1 heterocycles. The standard InChI is InChI=1S/C15H29N3O/c1-15(2)6-4-13(5-7-15)17(3)14(19)12-18-10-8-16-9-11-18/h13,16H,4-12H2,1-3H3. The Balaban J connectivity index is 1.78. The molecule has 1 saturated heterocycles. The van der Waals surface area contributed by atoms with Crippen LogP contribution < -0.4 is 5.32 Å². The van der Waals surface area contributed by atoms with Gasteiger partial charge in [0.1, 0.15) is 0 Å². The van der Waals surface area contributed by atoms with Gasteiger partial charge in [-0.3, -0.25) is 9.69 Å². The lowest BCUT2D eigenvalue weighted by atomic mass is 9.75. The van der Waals surface area contributed by atoms with Crippen molar-refractivity contribution in [1.82, 2.24) is 15.1 Å². The lowest BCUT2D eigenvalue weighted by Gasteiger charge is -2.39. The molecule has 0 aromatic rings. The first kappa shape index (κ1) is 14.8. The van der Waals surface area contributed by atoms with E-state index in [1.807, 2.05) is 11.9 Å². The maximum Gasteiger partial charge on any atom is 0.236 e. The summed E-state index contributed by atoms with van der Waals surface area (Å²) in [7, 11) is 1.99. The number of hydrogen-bond acceptors (Lipinski definition) is 3. The summed E-state index contributed by atoms with van der Waals surface area (Å²) in [4.78, 5) is 16.6. The predicted octanol–water partition coefficient (Wildman–Crippen LogP) is 1.32. The van der Waals surface area contributed by atoms with Gasteiger partial charge in [-0.05, 0) is 31.1 Å². The largest absolute Gasteiger partial charge is 0.342 e. The Hall–Kier alpha value is -0.610. The SMILES string of the molecule is CN(C(=O)CN1CCNCC1)C1CCC(C)(C)CC1. The minimum absolute atomic E-state index is 0.298. The molecular formula is C15H29N3O. The van der Waals surface area contributed by atoms with Crippen molar-refractivity contribution in [2.45, 2.75) is 45.6 Å². The van der Waals surface area contributed by atoms with Crippen LogP contribution in [-0.2, 0) is 4.79 Å². The van der Waals surface area contributed by atoms with Gasteiger partial charge in [0.05, 0.1) is 6.54 Å². The summed E-state index contributed by atoms with van der Waals surface area (Å²) < 4.78 is 0. The Morgan fingerprint density at radius 1 is 1.26 bits per heavy atom. The predicted molar refractivity (Wildman–Crippen MR) is 78.1 cm³/mol. The molecule has 19 heavy (non-hydrogen) atoms. The van der Waals surface area contributed by atoms with Crippen LogP contribution in [0.3, 0.4) is 0 Å². The average Bonchev–Trinajstić information content (AvgIpc) is 2.39. The molecular weight excluding hydrogens is 238 g/mol. The van der Waals surface area contributed by atoms with Crippen molar-refractivity contribution in [2.24, 2.45) is 5.41 Å². The molecule has 0 aromatic heterocycles. The highest BCUT2D eigenvalue weighted by Crippen LogP contribution is 2.36. The Kier molecular flexibility index (Phi) is 4.85. The molecule has 0 unspecified atom stereocenters. The summed E-state index contributed by atoms with van der Waals surface area (Å²) in [5, 5.41) is 3.32. The molecule has 0 atom stereocenters. The zero-order chi connectivity index (χ0) is 13.9. The maximum atomic E-state index is 12.3. The molecule has 1 saturated carbocycles. The van der Waals surface area contributed by atoms with Gasteiger partial charge in [0.2, 0.25) is 5.91 Å². The Morgan fingerprint density at radius 2 is 1.84 bits per heavy atom. The van der Waals surface area contributed by atoms with Crippen LogP contribution in [0.5, 0.6) is 0 Å². The van der Waals surface area contributed by atoms with E-state index >= 15 is 0 Å². The fourth-order valence-corrected chi connectivity index (χ4v) is 3.15. The van der Waals surface area contributed by atoms with E-state index in [-0.39, 0.29) is 0 Å². The van der Waals surface area contributed by atoms with Gasteiger partial charge >= 0.3 is 0 Å². The highest BCUT2D eigenvalue weighted by Gasteiger charge is 2.30. The smallest absolute Gasteiger partial charge is 0.236 e. The van der Waals surface area contributed by atoms with Crippen LogP contribution in [0.1, 0.15) is 39.5 Å². The fraction of sp³-hybridized carbons (Fsp3) is 0.933. The molecule has 1 amide bonds. The molecule has 0 aromatic carbocycles. The molecule has 4 heteroatoms. The number of piperazine rings is 1. The summed E-state index contributed by atoms with van der Waals surface area (Å²) >= 11 is 0. The zero-order valence-electron chi connectivity index (χ0n) is 12.7. The van der Waals surface area contributed by atoms with E-state index in [2.05, 4.69) is 24.1 Å². The summed E-state index contributed by atoms with van der Waals surface area (Å²) in [6.07, 6.45) is 4.80. The zero-order valence-corrected chi connectivity index (χ0v) is 12.7. The molecule has 110 valence electrons. The first-order chi connectivity index (χ1) is 8.98. The number of likely N-dealkylation sites (N-methyl/N-ethyl adjacent to an activating group) is 1. The van der Waals surface area contributed by atoms with Gasteiger partial charge < -0.3 is 10.2 Å². The van der Waals surface area contributed by atoms with Crippen molar-refractivity contribution >= 4 is 5.91 Å². The van der Waals surface area contributed by atoms with Crippen molar-refractivity contribution < 1.29 is 4.79 Å². The number of carbonyl (C=O) groups excluding carboxylic acids is 1. The van der Waals surface area contributed by atoms with Crippen molar-refractivity contribution in [1.29, 1.82) is 0 Å². The van der Waals surface area contributed by atoms with Crippen molar-refractivity contribution in [3.63, 3.8) is 0 Å². The van der Waals surface area contributed by atoms with Crippen LogP contribution >= 0.6 is 0 Å². The number of carbonyl (C=O) groups is 1. The molecule has 4 nitrogen and oxygen atoms in total. The van der Waals surface area contributed by atoms with Crippen LogP contribution in [0.2, 0.25) is 0 Å². The normalized spacial score (nSPS) is 25.2. The van der Waals surface area contributed by atoms with Crippen LogP contribution in [-0.4, -0.2) is 61.5 Å². The quantitative estimate of drug-likeness (QED) is 0.838. The number of nitrogens with zero attached hydrogens (tertiary/aromatic N) is 2. The monoisotopic (exact) mass is 267 g/mol. The van der Waals surface area contributed by atoms with E-state index in [0.717, 1.165) is 39.0 Å². The van der Waals surface area contributed by atoms with E-state index in [0.29, 0.717) is 23.9 Å². The minimum atomic E-state index is 0.298. The average molecular weight is 267 g/mol. The van der Waals surface area contributed by atoms with E-state index in [4.69, 9.17) is 0 Å². The second-order valence-electron chi connectivity index (χ2n) is 6.93. The summed E-state index contributed by atoms with van der Waals surface area (Å²) in [6, 6.07) is 0.462. The van der Waals surface area contributed by atoms with Crippen molar-refractivity contribution in [2.75, 3.05) is 39.8 Å². The number of nitrogens with one attached hydrogen (secondary N) is 1. The molecule has 0 radical (unpaired) electrons. The highest BCUT2D eigenvalue weighted by atomic mass is 16.2. The first-order valence-corrected chi connectivity index (χ1v) is 7.67. The fourth-order valence-electron chi connectivity index (χ4n) is 3.15. The molecule has 0 spiro atoms. The van der Waals surface area contributed by atoms with Crippen LogP contribution in [0.25, 0.3) is 0 Å². The Labute approximate surface area is 117 Å². The number of amides is 1. The molecule has 1 aliphatic carbocycles. The molecule has 2 rings (SSSR count). The highest BCUT2D eigenvalue weighted by molar-refractivity contribution is 5.78. The molecule has 1 N–H and O–H groups in total. The van der Waals surface area contributed by atoms with Crippen LogP contribution in [0, 0.1) is 5.41 Å². The molecule has 2 aliphatic rings. The molecule has 0 bridgehead atoms. The van der Waals surface area contributed by atoms with Crippen LogP contribution in [0.15, 0.2) is 0 Å². The van der Waals surface area contributed by atoms with Crippen molar-refractivity contribution in [3.05, 3.63) is 0 Å². The third kappa shape index (κ3) is 4.18. The van der Waals surface area contributed by atoms with Crippen LogP contribution in [0.4, 0.5) is 0 Å². The van der Waals surface area contributed by atoms with Gasteiger partial charge in [0, 0.05) is 39.3 Å². The second kappa shape index (κ2) is 6.23. The van der Waals surface area contributed by atoms with E-state index < -0.39 is 0 Å².